The number of halogens is 3. The van der Waals surface area contributed by atoms with Gasteiger partial charge in [0.25, 0.3) is 5.91 Å². The van der Waals surface area contributed by atoms with Gasteiger partial charge in [0, 0.05) is 11.1 Å². The number of hydrogen-bond donors (Lipinski definition) is 4. The third-order valence-corrected chi connectivity index (χ3v) is 3.86. The van der Waals surface area contributed by atoms with Crippen LogP contribution in [0.2, 0.25) is 0 Å². The number of para-hydroxylation sites is 1. The van der Waals surface area contributed by atoms with Crippen LogP contribution in [0.15, 0.2) is 51.7 Å². The molecule has 0 spiro atoms. The van der Waals surface area contributed by atoms with Crippen LogP contribution >= 0.6 is 0 Å². The van der Waals surface area contributed by atoms with Gasteiger partial charge in [-0.1, -0.05) is 18.2 Å². The van der Waals surface area contributed by atoms with E-state index in [9.17, 15) is 22.8 Å². The number of primary amides is 1. The second-order valence-corrected chi connectivity index (χ2v) is 5.95. The maximum Gasteiger partial charge on any atom is 0.490 e. The number of nitrogens with one attached hydrogen (secondary N) is 2. The van der Waals surface area contributed by atoms with Gasteiger partial charge < -0.3 is 20.2 Å². The number of amides is 1. The van der Waals surface area contributed by atoms with E-state index in [1.807, 2.05) is 18.2 Å². The molecule has 4 aromatic rings. The third kappa shape index (κ3) is 4.77. The predicted molar refractivity (Wildman–Crippen MR) is 99.9 cm³/mol. The molecule has 5 N–H and O–H groups in total. The molecule has 31 heavy (non-hydrogen) atoms. The average molecular weight is 435 g/mol. The van der Waals surface area contributed by atoms with Gasteiger partial charge in [-0.2, -0.15) is 13.2 Å². The molecule has 0 saturated heterocycles. The number of carboxylic acid groups (broad SMARTS) is 1. The highest BCUT2D eigenvalue weighted by atomic mass is 19.4. The van der Waals surface area contributed by atoms with Crippen molar-refractivity contribution in [2.24, 2.45) is 5.73 Å². The molecule has 0 fully saturated rings. The SMILES string of the molecule is NC(=O)c1cccc2[nH]c(-c3ccc(-c4n[nH]c(=O)o4)cc3)nc12.O=C(O)C(F)(F)F. The lowest BCUT2D eigenvalue weighted by atomic mass is 10.1. The Kier molecular flexibility index (Phi) is 5.59. The first-order chi connectivity index (χ1) is 14.6. The van der Waals surface area contributed by atoms with Crippen LogP contribution in [0.4, 0.5) is 13.2 Å². The summed E-state index contributed by atoms with van der Waals surface area (Å²) < 4.78 is 36.6. The average Bonchev–Trinajstić information content (AvgIpc) is 3.33. The Bertz CT molecular complexity index is 1300. The maximum absolute atomic E-state index is 11.5. The molecule has 0 unspecified atom stereocenters. The number of carbonyl (C=O) groups is 2. The summed E-state index contributed by atoms with van der Waals surface area (Å²) in [5, 5.41) is 13.1. The lowest BCUT2D eigenvalue weighted by molar-refractivity contribution is -0.192. The van der Waals surface area contributed by atoms with Crippen molar-refractivity contribution in [1.82, 2.24) is 20.2 Å². The number of fused-ring (bicyclic) bond motifs is 1. The van der Waals surface area contributed by atoms with Crippen LogP contribution in [0, 0.1) is 0 Å². The molecule has 0 bridgehead atoms. The molecule has 2 aromatic carbocycles. The molecule has 2 heterocycles. The summed E-state index contributed by atoms with van der Waals surface area (Å²) in [7, 11) is 0. The van der Waals surface area contributed by atoms with Crippen molar-refractivity contribution in [1.29, 1.82) is 0 Å². The summed E-state index contributed by atoms with van der Waals surface area (Å²) in [5.41, 5.74) is 8.46. The second-order valence-electron chi connectivity index (χ2n) is 5.95. The zero-order valence-corrected chi connectivity index (χ0v) is 15.2. The van der Waals surface area contributed by atoms with Gasteiger partial charge in [-0.3, -0.25) is 4.79 Å². The lowest BCUT2D eigenvalue weighted by Gasteiger charge is -1.98. The van der Waals surface area contributed by atoms with Crippen molar-refractivity contribution >= 4 is 22.9 Å². The van der Waals surface area contributed by atoms with Crippen LogP contribution in [-0.4, -0.2) is 43.3 Å². The van der Waals surface area contributed by atoms with E-state index in [4.69, 9.17) is 20.1 Å². The number of carboxylic acids is 1. The zero-order valence-electron chi connectivity index (χ0n) is 15.2. The van der Waals surface area contributed by atoms with Gasteiger partial charge in [0.05, 0.1) is 11.1 Å². The van der Waals surface area contributed by atoms with Crippen LogP contribution in [0.1, 0.15) is 10.4 Å². The summed E-state index contributed by atoms with van der Waals surface area (Å²) in [6.07, 6.45) is -5.08. The lowest BCUT2D eigenvalue weighted by Crippen LogP contribution is -2.21. The number of imidazole rings is 1. The number of aliphatic carboxylic acids is 1. The van der Waals surface area contributed by atoms with Crippen LogP contribution in [-0.2, 0) is 4.79 Å². The number of carbonyl (C=O) groups excluding carboxylic acids is 1. The Labute approximate surface area is 169 Å². The van der Waals surface area contributed by atoms with Gasteiger partial charge >= 0.3 is 17.9 Å². The largest absolute Gasteiger partial charge is 0.490 e. The maximum atomic E-state index is 11.5. The van der Waals surface area contributed by atoms with Gasteiger partial charge in [-0.25, -0.2) is 19.7 Å². The van der Waals surface area contributed by atoms with Crippen LogP contribution in [0.5, 0.6) is 0 Å². The first-order valence-electron chi connectivity index (χ1n) is 8.31. The molecule has 1 amide bonds. The van der Waals surface area contributed by atoms with E-state index in [-0.39, 0.29) is 5.89 Å². The van der Waals surface area contributed by atoms with Crippen LogP contribution in [0.25, 0.3) is 33.9 Å². The smallest absolute Gasteiger partial charge is 0.475 e. The monoisotopic (exact) mass is 435 g/mol. The number of H-pyrrole nitrogens is 2. The highest BCUT2D eigenvalue weighted by Crippen LogP contribution is 2.25. The van der Waals surface area contributed by atoms with Crippen LogP contribution in [0.3, 0.4) is 0 Å². The Balaban J connectivity index is 0.000000339. The molecule has 10 nitrogen and oxygen atoms in total. The van der Waals surface area contributed by atoms with E-state index >= 15 is 0 Å². The molecule has 0 aliphatic carbocycles. The number of rotatable bonds is 3. The Morgan fingerprint density at radius 1 is 1.06 bits per heavy atom. The first-order valence-corrected chi connectivity index (χ1v) is 8.31. The van der Waals surface area contributed by atoms with Gasteiger partial charge in [0.1, 0.15) is 11.3 Å². The highest BCUT2D eigenvalue weighted by molar-refractivity contribution is 6.04. The van der Waals surface area contributed by atoms with E-state index in [2.05, 4.69) is 20.2 Å². The van der Waals surface area contributed by atoms with Crippen molar-refractivity contribution in [3.05, 3.63) is 58.6 Å². The predicted octanol–water partition coefficient (Wildman–Crippen LogP) is 2.31. The van der Waals surface area contributed by atoms with E-state index < -0.39 is 23.8 Å². The quantitative estimate of drug-likeness (QED) is 0.383. The van der Waals surface area contributed by atoms with Gasteiger partial charge in [0.2, 0.25) is 5.89 Å². The summed E-state index contributed by atoms with van der Waals surface area (Å²) in [5.74, 6) is -3.07. The molecule has 2 aromatic heterocycles. The molecule has 0 aliphatic rings. The molecule has 0 aliphatic heterocycles. The van der Waals surface area contributed by atoms with E-state index in [0.717, 1.165) is 11.1 Å². The van der Waals surface area contributed by atoms with E-state index in [0.29, 0.717) is 22.5 Å². The van der Waals surface area contributed by atoms with Crippen molar-refractivity contribution in [3.8, 4) is 22.8 Å². The minimum atomic E-state index is -5.08. The molecule has 4 rings (SSSR count). The third-order valence-electron chi connectivity index (χ3n) is 3.86. The first kappa shape index (κ1) is 21.3. The number of benzene rings is 2. The number of nitrogens with two attached hydrogens (primary N) is 1. The number of hydrogen-bond acceptors (Lipinski definition) is 6. The van der Waals surface area contributed by atoms with Crippen molar-refractivity contribution in [3.63, 3.8) is 0 Å². The molecule has 0 radical (unpaired) electrons. The summed E-state index contributed by atoms with van der Waals surface area (Å²) in [6.45, 7) is 0. The fourth-order valence-corrected chi connectivity index (χ4v) is 2.49. The number of nitrogens with zero attached hydrogens (tertiary/aromatic N) is 2. The van der Waals surface area contributed by atoms with Crippen molar-refractivity contribution in [2.45, 2.75) is 6.18 Å². The van der Waals surface area contributed by atoms with Crippen LogP contribution < -0.4 is 11.5 Å². The molecular weight excluding hydrogens is 423 g/mol. The topological polar surface area (TPSA) is 168 Å². The van der Waals surface area contributed by atoms with E-state index in [1.165, 1.54) is 0 Å². The fourth-order valence-electron chi connectivity index (χ4n) is 2.49. The normalized spacial score (nSPS) is 11.1. The molecule has 0 atom stereocenters. The van der Waals surface area contributed by atoms with Crippen molar-refractivity contribution in [2.75, 3.05) is 0 Å². The summed E-state index contributed by atoms with van der Waals surface area (Å²) in [6, 6.07) is 12.3. The Morgan fingerprint density at radius 3 is 2.19 bits per heavy atom. The number of aromatic nitrogens is 4. The van der Waals surface area contributed by atoms with Gasteiger partial charge in [-0.15, -0.1) is 5.10 Å². The van der Waals surface area contributed by atoms with E-state index in [1.54, 1.807) is 24.3 Å². The van der Waals surface area contributed by atoms with Gasteiger partial charge in [0.15, 0.2) is 0 Å². The Hall–Kier alpha value is -4.42. The van der Waals surface area contributed by atoms with Gasteiger partial charge in [-0.05, 0) is 24.3 Å². The Morgan fingerprint density at radius 2 is 1.68 bits per heavy atom. The minimum absolute atomic E-state index is 0.215. The summed E-state index contributed by atoms with van der Waals surface area (Å²) >= 11 is 0. The second kappa shape index (κ2) is 8.14. The molecule has 13 heteroatoms. The highest BCUT2D eigenvalue weighted by Gasteiger charge is 2.38. The molecular formula is C18H12F3N5O5. The number of alkyl halides is 3. The van der Waals surface area contributed by atoms with Crippen molar-refractivity contribution < 1.29 is 32.3 Å². The fraction of sp³-hybridized carbons (Fsp3) is 0.0556. The number of aromatic amines is 2. The molecule has 160 valence electrons. The zero-order chi connectivity index (χ0) is 22.8. The minimum Gasteiger partial charge on any atom is -0.475 e. The standard InChI is InChI=1S/C16H11N5O3.C2HF3O2/c17-13(22)10-2-1-3-11-12(10)19-14(18-11)8-4-6-9(7-5-8)15-20-21-16(23)24-15;3-2(4,5)1(6)7/h1-7H,(H2,17,22)(H,18,19)(H,21,23);(H,6,7). The molecule has 0 saturated carbocycles. The summed E-state index contributed by atoms with van der Waals surface area (Å²) in [4.78, 5) is 39.0.